The third-order valence-corrected chi connectivity index (χ3v) is 6.87. The molecule has 14 heteroatoms. The van der Waals surface area contributed by atoms with Gasteiger partial charge in [0.2, 0.25) is 11.5 Å². The molecule has 2 heterocycles. The van der Waals surface area contributed by atoms with Gasteiger partial charge in [0.05, 0.1) is 60.4 Å². The lowest BCUT2D eigenvalue weighted by atomic mass is 9.90. The van der Waals surface area contributed by atoms with Crippen molar-refractivity contribution in [2.75, 3.05) is 56.4 Å². The summed E-state index contributed by atoms with van der Waals surface area (Å²) in [6.07, 6.45) is -7.10. The highest BCUT2D eigenvalue weighted by Crippen LogP contribution is 2.54. The number of benzene rings is 2. The minimum atomic E-state index is -1.60. The van der Waals surface area contributed by atoms with Gasteiger partial charge in [-0.15, -0.1) is 0 Å². The van der Waals surface area contributed by atoms with Crippen LogP contribution >= 0.6 is 0 Å². The number of rotatable bonds is 8. The second kappa shape index (κ2) is 12.3. The molecule has 0 aliphatic carbocycles. The summed E-state index contributed by atoms with van der Waals surface area (Å²) in [6.45, 7) is -0.637. The van der Waals surface area contributed by atoms with Crippen LogP contribution in [0.15, 0.2) is 12.1 Å². The maximum absolute atomic E-state index is 14.0. The first-order valence-corrected chi connectivity index (χ1v) is 12.3. The van der Waals surface area contributed by atoms with Gasteiger partial charge in [-0.05, 0) is 12.1 Å². The fraction of sp³-hybridized carbons (Fsp3) is 0.481. The van der Waals surface area contributed by atoms with Crippen molar-refractivity contribution >= 4 is 11.9 Å². The Morgan fingerprint density at radius 3 is 1.49 bits per heavy atom. The highest BCUT2D eigenvalue weighted by Gasteiger charge is 2.51. The maximum Gasteiger partial charge on any atom is 0.339 e. The smallest absolute Gasteiger partial charge is 0.339 e. The molecule has 0 bridgehead atoms. The van der Waals surface area contributed by atoms with Gasteiger partial charge in [0.1, 0.15) is 12.2 Å². The number of ether oxygens (including phenoxy) is 10. The summed E-state index contributed by atoms with van der Waals surface area (Å²) in [5, 5.41) is 20.8. The molecule has 2 aliphatic rings. The number of esters is 2. The first-order chi connectivity index (χ1) is 19.7. The molecule has 2 aromatic carbocycles. The lowest BCUT2D eigenvalue weighted by Crippen LogP contribution is -2.61. The quantitative estimate of drug-likeness (QED) is 0.427. The number of hydrogen-bond donors (Lipinski definition) is 2. The number of carbonyl (C=O) groups is 2. The van der Waals surface area contributed by atoms with E-state index in [1.165, 1.54) is 61.9 Å². The lowest BCUT2D eigenvalue weighted by molar-refractivity contribution is -0.292. The molecule has 4 rings (SSSR count). The second-order valence-electron chi connectivity index (χ2n) is 8.83. The Bertz CT molecular complexity index is 1310. The van der Waals surface area contributed by atoms with E-state index in [2.05, 4.69) is 0 Å². The molecule has 41 heavy (non-hydrogen) atoms. The predicted molar refractivity (Wildman–Crippen MR) is 138 cm³/mol. The van der Waals surface area contributed by atoms with Gasteiger partial charge in [-0.2, -0.15) is 0 Å². The Labute approximate surface area is 235 Å². The molecule has 5 atom stereocenters. The number of hydrogen-bond acceptors (Lipinski definition) is 14. The monoisotopic (exact) mass is 580 g/mol. The van der Waals surface area contributed by atoms with Gasteiger partial charge in [-0.1, -0.05) is 0 Å². The van der Waals surface area contributed by atoms with E-state index in [1.54, 1.807) is 0 Å². The molecule has 2 N–H and O–H groups in total. The van der Waals surface area contributed by atoms with Crippen molar-refractivity contribution in [1.82, 2.24) is 0 Å². The van der Waals surface area contributed by atoms with E-state index >= 15 is 0 Å². The second-order valence-corrected chi connectivity index (χ2v) is 8.83. The minimum absolute atomic E-state index is 0.000872. The summed E-state index contributed by atoms with van der Waals surface area (Å²) in [7, 11) is 9.41. The van der Waals surface area contributed by atoms with Crippen molar-refractivity contribution in [3.05, 3.63) is 23.3 Å². The number of aliphatic hydroxyl groups is 2. The third-order valence-electron chi connectivity index (χ3n) is 6.87. The standard InChI is InChI=1S/C27H32O14/c1-32-13-8-11-16(21(36-5)19(13)34-3)17-12(9-14(33-2)20(35-4)22(17)37-6)26(31)41-24-23(40-25(11)30)18(29)15(10-28)39-27(24)38-7/h8-9,15,18,23-24,27-29H,10H2,1-7H3/t15-,18-,23+,24-,27+/m1/s1. The van der Waals surface area contributed by atoms with Gasteiger partial charge in [0.15, 0.2) is 41.5 Å². The van der Waals surface area contributed by atoms with Gasteiger partial charge < -0.3 is 57.6 Å². The summed E-state index contributed by atoms with van der Waals surface area (Å²) in [5.41, 5.74) is -0.235. The largest absolute Gasteiger partial charge is 0.493 e. The number of carbonyl (C=O) groups excluding carboxylic acids is 2. The third kappa shape index (κ3) is 4.92. The first kappa shape index (κ1) is 30.0. The van der Waals surface area contributed by atoms with Crippen molar-refractivity contribution in [3.8, 4) is 45.6 Å². The molecule has 14 nitrogen and oxygen atoms in total. The van der Waals surface area contributed by atoms with E-state index in [0.717, 1.165) is 0 Å². The van der Waals surface area contributed by atoms with Crippen molar-refractivity contribution in [1.29, 1.82) is 0 Å². The molecular formula is C27H32O14. The highest BCUT2D eigenvalue weighted by atomic mass is 16.7. The molecule has 0 radical (unpaired) electrons. The molecule has 0 aromatic heterocycles. The lowest BCUT2D eigenvalue weighted by Gasteiger charge is -2.42. The summed E-state index contributed by atoms with van der Waals surface area (Å²) < 4.78 is 55.9. The van der Waals surface area contributed by atoms with Crippen LogP contribution in [-0.4, -0.2) is 109 Å². The van der Waals surface area contributed by atoms with Gasteiger partial charge in [0.25, 0.3) is 0 Å². The van der Waals surface area contributed by atoms with Crippen LogP contribution in [0.3, 0.4) is 0 Å². The molecule has 1 fully saturated rings. The highest BCUT2D eigenvalue weighted by molar-refractivity contribution is 6.09. The molecule has 0 amide bonds. The molecule has 0 unspecified atom stereocenters. The molecule has 224 valence electrons. The fourth-order valence-electron chi connectivity index (χ4n) is 5.00. The number of aliphatic hydroxyl groups excluding tert-OH is 2. The van der Waals surface area contributed by atoms with E-state index < -0.39 is 49.3 Å². The van der Waals surface area contributed by atoms with Crippen LogP contribution in [0.4, 0.5) is 0 Å². The van der Waals surface area contributed by atoms with Crippen molar-refractivity contribution in [2.24, 2.45) is 0 Å². The van der Waals surface area contributed by atoms with Crippen molar-refractivity contribution < 1.29 is 67.2 Å². The van der Waals surface area contributed by atoms with E-state index in [9.17, 15) is 19.8 Å². The van der Waals surface area contributed by atoms with Crippen LogP contribution in [-0.2, 0) is 18.9 Å². The maximum atomic E-state index is 14.0. The average molecular weight is 581 g/mol. The topological polar surface area (TPSA) is 167 Å². The Morgan fingerprint density at radius 1 is 0.683 bits per heavy atom. The van der Waals surface area contributed by atoms with E-state index in [1.807, 2.05) is 0 Å². The van der Waals surface area contributed by atoms with Gasteiger partial charge >= 0.3 is 11.9 Å². The van der Waals surface area contributed by atoms with E-state index in [-0.39, 0.29) is 56.8 Å². The van der Waals surface area contributed by atoms with Crippen LogP contribution in [0.1, 0.15) is 20.7 Å². The first-order valence-electron chi connectivity index (χ1n) is 12.3. The number of fused-ring (bicyclic) bond motifs is 4. The zero-order chi connectivity index (χ0) is 30.0. The molecule has 2 aliphatic heterocycles. The van der Waals surface area contributed by atoms with Gasteiger partial charge in [0, 0.05) is 18.2 Å². The molecule has 2 aromatic rings. The molecule has 1 saturated heterocycles. The van der Waals surface area contributed by atoms with Crippen LogP contribution in [0.2, 0.25) is 0 Å². The Kier molecular flexibility index (Phi) is 8.97. The summed E-state index contributed by atoms with van der Waals surface area (Å²) in [4.78, 5) is 27.9. The van der Waals surface area contributed by atoms with Crippen LogP contribution in [0.5, 0.6) is 34.5 Å². The normalized spacial score (nSPS) is 23.6. The Hall–Kier alpha value is -3.98. The predicted octanol–water partition coefficient (Wildman–Crippen LogP) is 1.19. The zero-order valence-electron chi connectivity index (χ0n) is 23.5. The average Bonchev–Trinajstić information content (AvgIpc) is 2.99. The van der Waals surface area contributed by atoms with Crippen molar-refractivity contribution in [2.45, 2.75) is 30.7 Å². The van der Waals surface area contributed by atoms with Gasteiger partial charge in [-0.25, -0.2) is 9.59 Å². The summed E-state index contributed by atoms with van der Waals surface area (Å²) >= 11 is 0. The Morgan fingerprint density at radius 2 is 1.12 bits per heavy atom. The SMILES string of the molecule is COc1cc2c(c(OC)c1OC)-c1c(cc(OC)c(OC)c1OC)C(=O)O[C@H]1[C@H](O)[C@@H](CO)O[C@H](OC)[C@@H]1OC2=O. The molecule has 0 saturated carbocycles. The molecule has 0 spiro atoms. The molecular weight excluding hydrogens is 548 g/mol. The fourth-order valence-corrected chi connectivity index (χ4v) is 5.00. The summed E-state index contributed by atoms with van der Waals surface area (Å²) in [6, 6.07) is 2.68. The van der Waals surface area contributed by atoms with Crippen molar-refractivity contribution in [3.63, 3.8) is 0 Å². The van der Waals surface area contributed by atoms with E-state index in [4.69, 9.17) is 47.4 Å². The minimum Gasteiger partial charge on any atom is -0.493 e. The van der Waals surface area contributed by atoms with Gasteiger partial charge in [-0.3, -0.25) is 0 Å². The van der Waals surface area contributed by atoms with E-state index in [0.29, 0.717) is 0 Å². The van der Waals surface area contributed by atoms with Crippen LogP contribution < -0.4 is 28.4 Å². The summed E-state index contributed by atoms with van der Waals surface area (Å²) in [5.74, 6) is -1.51. The number of methoxy groups -OCH3 is 7. The Balaban J connectivity index is 2.15. The van der Waals surface area contributed by atoms with Crippen LogP contribution in [0, 0.1) is 0 Å². The van der Waals surface area contributed by atoms with Crippen LogP contribution in [0.25, 0.3) is 11.1 Å². The zero-order valence-corrected chi connectivity index (χ0v) is 23.5.